The van der Waals surface area contributed by atoms with Crippen LogP contribution >= 0.6 is 11.3 Å². The molecule has 0 bridgehead atoms. The Morgan fingerprint density at radius 2 is 2.05 bits per heavy atom. The summed E-state index contributed by atoms with van der Waals surface area (Å²) in [5, 5.41) is 4.18. The minimum absolute atomic E-state index is 0.0466. The van der Waals surface area contributed by atoms with E-state index < -0.39 is 5.79 Å². The first kappa shape index (κ1) is 15.4. The van der Waals surface area contributed by atoms with Gasteiger partial charge in [0, 0.05) is 0 Å². The third-order valence-corrected chi connectivity index (χ3v) is 5.18. The molecule has 0 unspecified atom stereocenters. The van der Waals surface area contributed by atoms with Crippen LogP contribution in [0.15, 0.2) is 16.8 Å². The molecule has 0 aliphatic carbocycles. The van der Waals surface area contributed by atoms with Gasteiger partial charge >= 0.3 is 0 Å². The van der Waals surface area contributed by atoms with Crippen molar-refractivity contribution in [3.8, 4) is 0 Å². The van der Waals surface area contributed by atoms with Crippen LogP contribution in [0, 0.1) is 0 Å². The molecule has 0 amide bonds. The topological polar surface area (TPSA) is 36.9 Å². The van der Waals surface area contributed by atoms with Gasteiger partial charge in [-0.3, -0.25) is 0 Å². The van der Waals surface area contributed by atoms with Crippen LogP contribution in [0.25, 0.3) is 0 Å². The van der Waals surface area contributed by atoms with Gasteiger partial charge in [0.1, 0.15) is 12.2 Å². The molecule has 2 fully saturated rings. The molecule has 2 aliphatic rings. The van der Waals surface area contributed by atoms with Gasteiger partial charge in [-0.1, -0.05) is 20.8 Å². The molecule has 0 spiro atoms. The Kier molecular flexibility index (Phi) is 4.66. The lowest BCUT2D eigenvalue weighted by molar-refractivity contribution is -0.239. The Morgan fingerprint density at radius 3 is 2.67 bits per heavy atom. The highest BCUT2D eigenvalue weighted by molar-refractivity contribution is 7.07. The summed E-state index contributed by atoms with van der Waals surface area (Å²) < 4.78 is 24.4. The molecule has 0 N–H and O–H groups in total. The van der Waals surface area contributed by atoms with Crippen LogP contribution in [0.2, 0.25) is 0 Å². The van der Waals surface area contributed by atoms with E-state index in [0.29, 0.717) is 6.61 Å². The molecular formula is C16H24O4S. The van der Waals surface area contributed by atoms with E-state index in [1.54, 1.807) is 11.3 Å². The summed E-state index contributed by atoms with van der Waals surface area (Å²) in [7, 11) is 0. The first-order valence-electron chi connectivity index (χ1n) is 7.85. The third kappa shape index (κ3) is 2.90. The lowest BCUT2D eigenvalue weighted by Crippen LogP contribution is -2.38. The van der Waals surface area contributed by atoms with Gasteiger partial charge in [-0.25, -0.2) is 0 Å². The van der Waals surface area contributed by atoms with E-state index in [1.807, 2.05) is 0 Å². The summed E-state index contributed by atoms with van der Waals surface area (Å²) >= 11 is 1.69. The average Bonchev–Trinajstić information content (AvgIpc) is 3.20. The molecule has 118 valence electrons. The number of fused-ring (bicyclic) bond motifs is 1. The van der Waals surface area contributed by atoms with Crippen molar-refractivity contribution >= 4 is 11.3 Å². The first-order valence-corrected chi connectivity index (χ1v) is 8.79. The number of hydrogen-bond acceptors (Lipinski definition) is 5. The van der Waals surface area contributed by atoms with Crippen LogP contribution in [-0.2, 0) is 25.6 Å². The summed E-state index contributed by atoms with van der Waals surface area (Å²) in [4.78, 5) is 0. The smallest absolute Gasteiger partial charge is 0.190 e. The van der Waals surface area contributed by atoms with Crippen molar-refractivity contribution in [3.63, 3.8) is 0 Å². The quantitative estimate of drug-likeness (QED) is 0.802. The van der Waals surface area contributed by atoms with E-state index in [0.717, 1.165) is 19.3 Å². The predicted octanol–water partition coefficient (Wildman–Crippen LogP) is 3.70. The maximum Gasteiger partial charge on any atom is 0.190 e. The van der Waals surface area contributed by atoms with Crippen LogP contribution < -0.4 is 0 Å². The summed E-state index contributed by atoms with van der Waals surface area (Å²) in [6, 6.07) is 2.09. The molecule has 0 radical (unpaired) electrons. The molecule has 4 atom stereocenters. The van der Waals surface area contributed by atoms with Gasteiger partial charge in [-0.2, -0.15) is 11.3 Å². The van der Waals surface area contributed by atoms with E-state index in [2.05, 4.69) is 37.6 Å². The molecular weight excluding hydrogens is 288 g/mol. The second-order valence-electron chi connectivity index (χ2n) is 5.68. The molecule has 21 heavy (non-hydrogen) atoms. The first-order chi connectivity index (χ1) is 10.2. The zero-order valence-corrected chi connectivity index (χ0v) is 13.7. The van der Waals surface area contributed by atoms with Gasteiger partial charge in [0.25, 0.3) is 0 Å². The number of ether oxygens (including phenoxy) is 4. The minimum atomic E-state index is -0.502. The van der Waals surface area contributed by atoms with E-state index >= 15 is 0 Å². The molecule has 3 rings (SSSR count). The standard InChI is InChI=1S/C16H24O4S/c1-4-12-13(17-9-11-7-8-21-10-11)14-15(18-12)20-16(5-2,6-3)19-14/h7-8,10,12-15H,4-6,9H2,1-3H3/t12-,13+,14-,15-/m1/s1. The predicted molar refractivity (Wildman–Crippen MR) is 81.1 cm³/mol. The normalized spacial score (nSPS) is 34.2. The molecule has 0 saturated carbocycles. The van der Waals surface area contributed by atoms with Crippen LogP contribution in [0.5, 0.6) is 0 Å². The molecule has 1 aromatic heterocycles. The van der Waals surface area contributed by atoms with Crippen LogP contribution in [0.4, 0.5) is 0 Å². The Labute approximate surface area is 130 Å². The van der Waals surface area contributed by atoms with Gasteiger partial charge in [-0.05, 0) is 41.7 Å². The van der Waals surface area contributed by atoms with Crippen LogP contribution in [0.1, 0.15) is 45.6 Å². The Bertz CT molecular complexity index is 443. The monoisotopic (exact) mass is 312 g/mol. The fourth-order valence-electron chi connectivity index (χ4n) is 3.08. The molecule has 2 saturated heterocycles. The van der Waals surface area contributed by atoms with Crippen molar-refractivity contribution in [3.05, 3.63) is 22.4 Å². The fourth-order valence-corrected chi connectivity index (χ4v) is 3.73. The Morgan fingerprint density at radius 1 is 1.24 bits per heavy atom. The average molecular weight is 312 g/mol. The second kappa shape index (κ2) is 6.34. The summed E-state index contributed by atoms with van der Waals surface area (Å²) in [5.74, 6) is -0.502. The minimum Gasteiger partial charge on any atom is -0.368 e. The molecule has 5 heteroatoms. The Hall–Kier alpha value is -0.460. The lowest BCUT2D eigenvalue weighted by atomic mass is 10.1. The van der Waals surface area contributed by atoms with Gasteiger partial charge in [0.05, 0.1) is 12.7 Å². The highest BCUT2D eigenvalue weighted by atomic mass is 32.1. The maximum atomic E-state index is 6.22. The highest BCUT2D eigenvalue weighted by Gasteiger charge is 2.56. The van der Waals surface area contributed by atoms with Gasteiger partial charge < -0.3 is 18.9 Å². The van der Waals surface area contributed by atoms with Gasteiger partial charge in [-0.15, -0.1) is 0 Å². The SMILES string of the molecule is CC[C@H]1O[C@@H]2OC(CC)(CC)O[C@@H]2[C@H]1OCc1ccsc1. The van der Waals surface area contributed by atoms with Gasteiger partial charge in [0.15, 0.2) is 12.1 Å². The zero-order chi connectivity index (χ0) is 14.9. The number of thiophene rings is 1. The van der Waals surface area contributed by atoms with Crippen molar-refractivity contribution in [2.45, 2.75) is 77.0 Å². The Balaban J connectivity index is 1.68. The van der Waals surface area contributed by atoms with Crippen molar-refractivity contribution in [1.29, 1.82) is 0 Å². The van der Waals surface area contributed by atoms with Crippen molar-refractivity contribution in [2.75, 3.05) is 0 Å². The van der Waals surface area contributed by atoms with Crippen LogP contribution in [0.3, 0.4) is 0 Å². The number of hydrogen-bond donors (Lipinski definition) is 0. The lowest BCUT2D eigenvalue weighted by Gasteiger charge is -2.29. The van der Waals surface area contributed by atoms with E-state index in [4.69, 9.17) is 18.9 Å². The molecule has 1 aromatic rings. The summed E-state index contributed by atoms with van der Waals surface area (Å²) in [6.07, 6.45) is 2.14. The largest absolute Gasteiger partial charge is 0.368 e. The van der Waals surface area contributed by atoms with Crippen LogP contribution in [-0.4, -0.2) is 30.4 Å². The molecule has 3 heterocycles. The summed E-state index contributed by atoms with van der Waals surface area (Å²) in [6.45, 7) is 6.89. The second-order valence-corrected chi connectivity index (χ2v) is 6.46. The molecule has 4 nitrogen and oxygen atoms in total. The highest BCUT2D eigenvalue weighted by Crippen LogP contribution is 2.42. The zero-order valence-electron chi connectivity index (χ0n) is 12.9. The van der Waals surface area contributed by atoms with Gasteiger partial charge in [0.2, 0.25) is 0 Å². The van der Waals surface area contributed by atoms with E-state index in [-0.39, 0.29) is 24.6 Å². The summed E-state index contributed by atoms with van der Waals surface area (Å²) in [5.41, 5.74) is 1.20. The molecule has 2 aliphatic heterocycles. The van der Waals surface area contributed by atoms with Crippen molar-refractivity contribution in [1.82, 2.24) is 0 Å². The third-order valence-electron chi connectivity index (χ3n) is 4.45. The molecule has 0 aromatic carbocycles. The van der Waals surface area contributed by atoms with E-state index in [9.17, 15) is 0 Å². The van der Waals surface area contributed by atoms with E-state index in [1.165, 1.54) is 5.56 Å². The van der Waals surface area contributed by atoms with Crippen molar-refractivity contribution < 1.29 is 18.9 Å². The number of rotatable bonds is 6. The van der Waals surface area contributed by atoms with Crippen molar-refractivity contribution in [2.24, 2.45) is 0 Å². The maximum absolute atomic E-state index is 6.22. The fraction of sp³-hybridized carbons (Fsp3) is 0.750.